The molecule has 1 aromatic carbocycles. The van der Waals surface area contributed by atoms with Crippen LogP contribution in [0.3, 0.4) is 0 Å². The molecule has 0 aliphatic heterocycles. The summed E-state index contributed by atoms with van der Waals surface area (Å²) in [7, 11) is 0. The summed E-state index contributed by atoms with van der Waals surface area (Å²) < 4.78 is 5.55. The molecular weight excluding hydrogens is 216 g/mol. The third kappa shape index (κ3) is 2.67. The van der Waals surface area contributed by atoms with Crippen molar-refractivity contribution in [2.45, 2.75) is 26.2 Å². The number of benzene rings is 1. The van der Waals surface area contributed by atoms with Gasteiger partial charge in [0, 0.05) is 11.6 Å². The summed E-state index contributed by atoms with van der Waals surface area (Å²) in [5.41, 5.74) is 3.51. The van der Waals surface area contributed by atoms with Crippen LogP contribution in [0.2, 0.25) is 0 Å². The van der Waals surface area contributed by atoms with Crippen molar-refractivity contribution >= 4 is 12.0 Å². The molecule has 3 nitrogen and oxygen atoms in total. The summed E-state index contributed by atoms with van der Waals surface area (Å²) in [5.74, 6) is -0.154. The van der Waals surface area contributed by atoms with Crippen molar-refractivity contribution in [2.24, 2.45) is 0 Å². The average Bonchev–Trinajstić information content (AvgIpc) is 2.73. The van der Waals surface area contributed by atoms with Gasteiger partial charge in [-0.1, -0.05) is 0 Å². The van der Waals surface area contributed by atoms with E-state index in [-0.39, 0.29) is 0 Å². The fraction of sp³-hybridized carbons (Fsp3) is 0.357. The van der Waals surface area contributed by atoms with Crippen molar-refractivity contribution in [3.8, 4) is 5.75 Å². The number of carboxylic acids is 1. The quantitative estimate of drug-likeness (QED) is 0.812. The fourth-order valence-corrected chi connectivity index (χ4v) is 2.19. The van der Waals surface area contributed by atoms with Gasteiger partial charge in [0.25, 0.3) is 0 Å². The second-order valence-electron chi connectivity index (χ2n) is 4.12. The van der Waals surface area contributed by atoms with Crippen molar-refractivity contribution in [2.75, 3.05) is 6.61 Å². The maximum atomic E-state index is 10.5. The Hall–Kier alpha value is -1.77. The zero-order chi connectivity index (χ0) is 12.3. The number of aryl methyl sites for hydroxylation is 2. The topological polar surface area (TPSA) is 46.5 Å². The number of aliphatic carboxylic acids is 1. The third-order valence-electron chi connectivity index (χ3n) is 2.93. The average molecular weight is 232 g/mol. The number of ether oxygens (including phenoxy) is 1. The Labute approximate surface area is 101 Å². The summed E-state index contributed by atoms with van der Waals surface area (Å²) >= 11 is 0. The molecule has 0 unspecified atom stereocenters. The molecule has 1 N–H and O–H groups in total. The molecule has 0 atom stereocenters. The number of carbonyl (C=O) groups is 1. The van der Waals surface area contributed by atoms with E-state index in [1.807, 2.05) is 19.1 Å². The predicted octanol–water partition coefficient (Wildman–Crippen LogP) is 2.67. The largest absolute Gasteiger partial charge is 0.493 e. The minimum Gasteiger partial charge on any atom is -0.493 e. The summed E-state index contributed by atoms with van der Waals surface area (Å²) in [6.45, 7) is 2.52. The zero-order valence-electron chi connectivity index (χ0n) is 9.90. The van der Waals surface area contributed by atoms with E-state index in [9.17, 15) is 4.79 Å². The number of hydrogen-bond acceptors (Lipinski definition) is 2. The van der Waals surface area contributed by atoms with Gasteiger partial charge in [-0.15, -0.1) is 0 Å². The minimum absolute atomic E-state index is 0.590. The van der Waals surface area contributed by atoms with Gasteiger partial charge in [-0.2, -0.15) is 0 Å². The number of rotatable bonds is 4. The van der Waals surface area contributed by atoms with E-state index in [0.29, 0.717) is 6.61 Å². The maximum Gasteiger partial charge on any atom is 0.328 e. The van der Waals surface area contributed by atoms with E-state index in [1.54, 1.807) is 6.08 Å². The summed E-state index contributed by atoms with van der Waals surface area (Å²) in [5, 5.41) is 8.66. The Balaban J connectivity index is 2.37. The van der Waals surface area contributed by atoms with E-state index >= 15 is 0 Å². The first-order valence-electron chi connectivity index (χ1n) is 5.90. The second kappa shape index (κ2) is 5.04. The van der Waals surface area contributed by atoms with Crippen LogP contribution in [0.5, 0.6) is 5.75 Å². The molecular formula is C14H16O3. The van der Waals surface area contributed by atoms with Crippen LogP contribution in [0.15, 0.2) is 18.2 Å². The highest BCUT2D eigenvalue weighted by Gasteiger charge is 2.14. The normalized spacial score (nSPS) is 13.9. The molecule has 0 spiro atoms. The Bertz CT molecular complexity index is 461. The van der Waals surface area contributed by atoms with Gasteiger partial charge in [-0.3, -0.25) is 0 Å². The van der Waals surface area contributed by atoms with Gasteiger partial charge in [0.15, 0.2) is 0 Å². The zero-order valence-corrected chi connectivity index (χ0v) is 9.90. The second-order valence-corrected chi connectivity index (χ2v) is 4.12. The van der Waals surface area contributed by atoms with Crippen molar-refractivity contribution in [3.63, 3.8) is 0 Å². The Kier molecular flexibility index (Phi) is 3.47. The third-order valence-corrected chi connectivity index (χ3v) is 2.93. The highest BCUT2D eigenvalue weighted by atomic mass is 16.5. The molecule has 90 valence electrons. The van der Waals surface area contributed by atoms with Gasteiger partial charge in [0.05, 0.1) is 6.61 Å². The van der Waals surface area contributed by atoms with Gasteiger partial charge in [0.2, 0.25) is 0 Å². The van der Waals surface area contributed by atoms with Crippen molar-refractivity contribution in [1.29, 1.82) is 0 Å². The van der Waals surface area contributed by atoms with Crippen LogP contribution in [-0.2, 0) is 17.6 Å². The van der Waals surface area contributed by atoms with Gasteiger partial charge < -0.3 is 9.84 Å². The molecule has 1 aliphatic rings. The van der Waals surface area contributed by atoms with Crippen LogP contribution in [0.25, 0.3) is 6.08 Å². The van der Waals surface area contributed by atoms with Crippen LogP contribution in [-0.4, -0.2) is 17.7 Å². The van der Waals surface area contributed by atoms with Crippen LogP contribution in [0.1, 0.15) is 30.0 Å². The Morgan fingerprint density at radius 3 is 2.76 bits per heavy atom. The maximum absolute atomic E-state index is 10.5. The van der Waals surface area contributed by atoms with Gasteiger partial charge in [-0.25, -0.2) is 4.79 Å². The number of fused-ring (bicyclic) bond motifs is 1. The number of carboxylic acid groups (broad SMARTS) is 1. The minimum atomic E-state index is -0.937. The molecule has 17 heavy (non-hydrogen) atoms. The van der Waals surface area contributed by atoms with E-state index in [4.69, 9.17) is 9.84 Å². The fourth-order valence-electron chi connectivity index (χ4n) is 2.19. The summed E-state index contributed by atoms with van der Waals surface area (Å²) in [6.07, 6.45) is 6.10. The van der Waals surface area contributed by atoms with Gasteiger partial charge in [0.1, 0.15) is 5.75 Å². The van der Waals surface area contributed by atoms with E-state index < -0.39 is 5.97 Å². The van der Waals surface area contributed by atoms with Gasteiger partial charge >= 0.3 is 5.97 Å². The molecule has 0 bridgehead atoms. The van der Waals surface area contributed by atoms with Crippen LogP contribution < -0.4 is 4.74 Å². The Morgan fingerprint density at radius 2 is 2.12 bits per heavy atom. The predicted molar refractivity (Wildman–Crippen MR) is 66.3 cm³/mol. The Morgan fingerprint density at radius 1 is 1.41 bits per heavy atom. The lowest BCUT2D eigenvalue weighted by Gasteiger charge is -2.10. The lowest BCUT2D eigenvalue weighted by atomic mass is 10.0. The van der Waals surface area contributed by atoms with Crippen molar-refractivity contribution in [1.82, 2.24) is 0 Å². The van der Waals surface area contributed by atoms with E-state index in [2.05, 4.69) is 0 Å². The highest BCUT2D eigenvalue weighted by molar-refractivity contribution is 5.86. The monoisotopic (exact) mass is 232 g/mol. The molecule has 0 saturated heterocycles. The molecule has 0 radical (unpaired) electrons. The van der Waals surface area contributed by atoms with Gasteiger partial charge in [-0.05, 0) is 55.5 Å². The van der Waals surface area contributed by atoms with Crippen LogP contribution >= 0.6 is 0 Å². The van der Waals surface area contributed by atoms with Crippen LogP contribution in [0, 0.1) is 0 Å². The molecule has 3 heteroatoms. The number of hydrogen-bond donors (Lipinski definition) is 1. The molecule has 1 aromatic rings. The first-order valence-corrected chi connectivity index (χ1v) is 5.90. The molecule has 0 fully saturated rings. The highest BCUT2D eigenvalue weighted by Crippen LogP contribution is 2.30. The first kappa shape index (κ1) is 11.7. The summed E-state index contributed by atoms with van der Waals surface area (Å²) in [4.78, 5) is 10.5. The molecule has 1 aliphatic carbocycles. The SMILES string of the molecule is CCOc1cc2c(cc1/C=C/C(=O)O)CCC2. The standard InChI is InChI=1S/C14H16O3/c1-2-17-13-9-11-5-3-4-10(11)8-12(13)6-7-14(15)16/h6-9H,2-5H2,1H3,(H,15,16)/b7-6+. The van der Waals surface area contributed by atoms with E-state index in [0.717, 1.165) is 30.2 Å². The smallest absolute Gasteiger partial charge is 0.328 e. The molecule has 0 heterocycles. The summed E-state index contributed by atoms with van der Waals surface area (Å²) in [6, 6.07) is 4.10. The lowest BCUT2D eigenvalue weighted by Crippen LogP contribution is -1.97. The molecule has 0 saturated carbocycles. The molecule has 0 amide bonds. The molecule has 2 rings (SSSR count). The lowest BCUT2D eigenvalue weighted by molar-refractivity contribution is -0.131. The van der Waals surface area contributed by atoms with Crippen LogP contribution in [0.4, 0.5) is 0 Å². The first-order chi connectivity index (χ1) is 8.20. The van der Waals surface area contributed by atoms with E-state index in [1.165, 1.54) is 17.5 Å². The van der Waals surface area contributed by atoms with Crippen molar-refractivity contribution < 1.29 is 14.6 Å². The molecule has 0 aromatic heterocycles. The van der Waals surface area contributed by atoms with Crippen molar-refractivity contribution in [3.05, 3.63) is 34.9 Å².